The lowest BCUT2D eigenvalue weighted by molar-refractivity contribution is 0.0983. The van der Waals surface area contributed by atoms with Crippen LogP contribution in [0.25, 0.3) is 0 Å². The highest BCUT2D eigenvalue weighted by atomic mass is 16.7. The molecular weight excluding hydrogens is 222 g/mol. The molecule has 0 aliphatic carbocycles. The third-order valence-electron chi connectivity index (χ3n) is 2.54. The van der Waals surface area contributed by atoms with Gasteiger partial charge in [0.25, 0.3) is 0 Å². The highest BCUT2D eigenvalue weighted by Crippen LogP contribution is 2.37. The summed E-state index contributed by atoms with van der Waals surface area (Å²) in [6.07, 6.45) is 0. The van der Waals surface area contributed by atoms with Gasteiger partial charge in [0.15, 0.2) is 17.3 Å². The van der Waals surface area contributed by atoms with E-state index in [1.165, 1.54) is 0 Å². The van der Waals surface area contributed by atoms with E-state index in [0.717, 1.165) is 5.56 Å². The molecule has 0 bridgehead atoms. The Balaban J connectivity index is 2.44. The maximum Gasteiger partial charge on any atom is 0.231 e. The topological polar surface area (TPSA) is 56.8 Å². The number of Topliss-reactive ketones (excluding diaryl/α,β-unsaturated/α-hetero) is 1. The van der Waals surface area contributed by atoms with Gasteiger partial charge in [-0.15, -0.1) is 0 Å². The summed E-state index contributed by atoms with van der Waals surface area (Å²) < 4.78 is 15.7. The van der Waals surface area contributed by atoms with Crippen LogP contribution in [0.4, 0.5) is 0 Å². The smallest absolute Gasteiger partial charge is 0.231 e. The van der Waals surface area contributed by atoms with Crippen LogP contribution in [0.5, 0.6) is 11.5 Å². The average molecular weight is 237 g/mol. The minimum Gasteiger partial charge on any atom is -0.454 e. The van der Waals surface area contributed by atoms with E-state index in [0.29, 0.717) is 23.7 Å². The first-order valence-corrected chi connectivity index (χ1v) is 5.36. The van der Waals surface area contributed by atoms with Crippen LogP contribution in [0.15, 0.2) is 12.1 Å². The van der Waals surface area contributed by atoms with Gasteiger partial charge in [-0.2, -0.15) is 0 Å². The Kier molecular flexibility index (Phi) is 3.61. The number of rotatable bonds is 5. The van der Waals surface area contributed by atoms with Crippen LogP contribution in [-0.2, 0) is 11.3 Å². The number of methoxy groups -OCH3 is 1. The molecule has 5 heteroatoms. The number of carbonyl (C=O) groups excluding carboxylic acids is 1. The molecule has 2 rings (SSSR count). The Bertz CT molecular complexity index is 431. The zero-order valence-corrected chi connectivity index (χ0v) is 9.91. The molecule has 0 atom stereocenters. The van der Waals surface area contributed by atoms with Gasteiger partial charge in [-0.3, -0.25) is 4.79 Å². The van der Waals surface area contributed by atoms with Crippen molar-refractivity contribution in [3.05, 3.63) is 23.3 Å². The third-order valence-corrected chi connectivity index (χ3v) is 2.54. The summed E-state index contributed by atoms with van der Waals surface area (Å²) in [5.74, 6) is 1.12. The minimum absolute atomic E-state index is 0.0260. The molecule has 1 heterocycles. The zero-order valence-electron chi connectivity index (χ0n) is 9.91. The molecule has 5 nitrogen and oxygen atoms in total. The minimum atomic E-state index is -0.0260. The van der Waals surface area contributed by atoms with Gasteiger partial charge in [0.2, 0.25) is 6.79 Å². The van der Waals surface area contributed by atoms with Crippen molar-refractivity contribution in [1.29, 1.82) is 0 Å². The molecule has 0 radical (unpaired) electrons. The molecule has 1 N–H and O–H groups in total. The van der Waals surface area contributed by atoms with Gasteiger partial charge >= 0.3 is 0 Å². The Hall–Kier alpha value is -1.59. The van der Waals surface area contributed by atoms with Gasteiger partial charge in [-0.05, 0) is 18.7 Å². The maximum absolute atomic E-state index is 12.0. The predicted octanol–water partition coefficient (Wildman–Crippen LogP) is 0.964. The van der Waals surface area contributed by atoms with E-state index in [4.69, 9.17) is 14.2 Å². The fourth-order valence-electron chi connectivity index (χ4n) is 1.84. The van der Waals surface area contributed by atoms with E-state index in [2.05, 4.69) is 5.32 Å². The molecule has 0 aromatic heterocycles. The Labute approximate surface area is 99.7 Å². The third kappa shape index (κ3) is 2.25. The van der Waals surface area contributed by atoms with Crippen LogP contribution < -0.4 is 14.8 Å². The summed E-state index contributed by atoms with van der Waals surface area (Å²) in [6, 6.07) is 3.63. The second-order valence-electron chi connectivity index (χ2n) is 3.72. The van der Waals surface area contributed by atoms with Crippen molar-refractivity contribution in [2.45, 2.75) is 6.61 Å². The van der Waals surface area contributed by atoms with Crippen molar-refractivity contribution < 1.29 is 19.0 Å². The van der Waals surface area contributed by atoms with E-state index in [9.17, 15) is 4.79 Å². The Morgan fingerprint density at radius 3 is 3.00 bits per heavy atom. The lowest BCUT2D eigenvalue weighted by Crippen LogP contribution is -2.20. The normalized spacial score (nSPS) is 12.8. The van der Waals surface area contributed by atoms with Crippen LogP contribution >= 0.6 is 0 Å². The molecule has 1 aromatic rings. The van der Waals surface area contributed by atoms with Crippen molar-refractivity contribution in [2.75, 3.05) is 27.5 Å². The molecule has 17 heavy (non-hydrogen) atoms. The number of likely N-dealkylation sites (N-methyl/N-ethyl adjacent to an activating group) is 1. The summed E-state index contributed by atoms with van der Waals surface area (Å²) in [5, 5.41) is 2.84. The van der Waals surface area contributed by atoms with Crippen LogP contribution in [0.3, 0.4) is 0 Å². The van der Waals surface area contributed by atoms with E-state index < -0.39 is 0 Å². The molecule has 1 aromatic carbocycles. The van der Waals surface area contributed by atoms with Crippen molar-refractivity contribution >= 4 is 5.78 Å². The number of hydrogen-bond donors (Lipinski definition) is 1. The molecule has 0 unspecified atom stereocenters. The van der Waals surface area contributed by atoms with Crippen LogP contribution in [-0.4, -0.2) is 33.3 Å². The highest BCUT2D eigenvalue weighted by molar-refractivity contribution is 6.02. The van der Waals surface area contributed by atoms with Gasteiger partial charge in [0.1, 0.15) is 0 Å². The molecule has 1 aliphatic rings. The number of fused-ring (bicyclic) bond motifs is 1. The summed E-state index contributed by atoms with van der Waals surface area (Å²) >= 11 is 0. The number of ether oxygens (including phenoxy) is 3. The number of ketones is 1. The molecule has 0 saturated carbocycles. The molecular formula is C12H15NO4. The summed E-state index contributed by atoms with van der Waals surface area (Å²) in [7, 11) is 3.32. The van der Waals surface area contributed by atoms with Crippen LogP contribution in [0, 0.1) is 0 Å². The van der Waals surface area contributed by atoms with E-state index in [1.54, 1.807) is 20.2 Å². The molecule has 92 valence electrons. The Morgan fingerprint density at radius 1 is 1.47 bits per heavy atom. The van der Waals surface area contributed by atoms with Crippen LogP contribution in [0.2, 0.25) is 0 Å². The molecule has 0 amide bonds. The van der Waals surface area contributed by atoms with Crippen molar-refractivity contribution in [1.82, 2.24) is 5.32 Å². The first-order chi connectivity index (χ1) is 8.27. The van der Waals surface area contributed by atoms with Gasteiger partial charge < -0.3 is 19.5 Å². The lowest BCUT2D eigenvalue weighted by Gasteiger charge is -2.10. The fourth-order valence-corrected chi connectivity index (χ4v) is 1.84. The number of carbonyl (C=O) groups is 1. The number of hydrogen-bond acceptors (Lipinski definition) is 5. The standard InChI is InChI=1S/C12H15NO4/c1-13-5-9(14)11-8(6-15-2)3-4-10-12(11)17-7-16-10/h3-4,13H,5-7H2,1-2H3. The lowest BCUT2D eigenvalue weighted by atomic mass is 10.0. The summed E-state index contributed by atoms with van der Waals surface area (Å²) in [6.45, 7) is 0.795. The van der Waals surface area contributed by atoms with Gasteiger partial charge in [-0.1, -0.05) is 6.07 Å². The van der Waals surface area contributed by atoms with Crippen molar-refractivity contribution in [3.63, 3.8) is 0 Å². The maximum atomic E-state index is 12.0. The summed E-state index contributed by atoms with van der Waals surface area (Å²) in [5.41, 5.74) is 1.37. The second-order valence-corrected chi connectivity index (χ2v) is 3.72. The average Bonchev–Trinajstić information content (AvgIpc) is 2.77. The first-order valence-electron chi connectivity index (χ1n) is 5.36. The fraction of sp³-hybridized carbons (Fsp3) is 0.417. The monoisotopic (exact) mass is 237 g/mol. The van der Waals surface area contributed by atoms with E-state index in [1.807, 2.05) is 6.07 Å². The molecule has 1 aliphatic heterocycles. The van der Waals surface area contributed by atoms with Crippen molar-refractivity contribution in [3.8, 4) is 11.5 Å². The summed E-state index contributed by atoms with van der Waals surface area (Å²) in [4.78, 5) is 12.0. The SMILES string of the molecule is CNCC(=O)c1c(COC)ccc2c1OCO2. The van der Waals surface area contributed by atoms with E-state index in [-0.39, 0.29) is 19.1 Å². The Morgan fingerprint density at radius 2 is 2.29 bits per heavy atom. The predicted molar refractivity (Wildman–Crippen MR) is 61.5 cm³/mol. The van der Waals surface area contributed by atoms with Crippen LogP contribution in [0.1, 0.15) is 15.9 Å². The first kappa shape index (κ1) is 11.9. The van der Waals surface area contributed by atoms with Gasteiger partial charge in [0, 0.05) is 7.11 Å². The number of benzene rings is 1. The van der Waals surface area contributed by atoms with Gasteiger partial charge in [-0.25, -0.2) is 0 Å². The quantitative estimate of drug-likeness (QED) is 0.773. The zero-order chi connectivity index (χ0) is 12.3. The van der Waals surface area contributed by atoms with E-state index >= 15 is 0 Å². The number of nitrogens with one attached hydrogen (secondary N) is 1. The highest BCUT2D eigenvalue weighted by Gasteiger charge is 2.24. The second kappa shape index (κ2) is 5.16. The molecule has 0 spiro atoms. The molecule has 0 saturated heterocycles. The van der Waals surface area contributed by atoms with Crippen molar-refractivity contribution in [2.24, 2.45) is 0 Å². The van der Waals surface area contributed by atoms with Gasteiger partial charge in [0.05, 0.1) is 18.7 Å². The molecule has 0 fully saturated rings. The largest absolute Gasteiger partial charge is 0.454 e.